The highest BCUT2D eigenvalue weighted by atomic mass is 32.2. The zero-order valence-corrected chi connectivity index (χ0v) is 15.2. The number of thiophene rings is 1. The summed E-state index contributed by atoms with van der Waals surface area (Å²) in [4.78, 5) is 21.8. The molecule has 0 amide bonds. The molecule has 3 N–H and O–H groups in total. The van der Waals surface area contributed by atoms with Gasteiger partial charge in [0.2, 0.25) is 0 Å². The number of carbonyl (C=O) groups is 1. The molecule has 0 saturated heterocycles. The number of carboxylic acids is 1. The molecule has 7 heteroatoms. The maximum Gasteiger partial charge on any atom is 0.313 e. The Balaban J connectivity index is 1.97. The predicted octanol–water partition coefficient (Wildman–Crippen LogP) is 3.60. The molecule has 0 radical (unpaired) electrons. The van der Waals surface area contributed by atoms with Crippen LogP contribution in [0, 0.1) is 11.3 Å². The van der Waals surface area contributed by atoms with Crippen LogP contribution in [0.15, 0.2) is 5.16 Å². The first kappa shape index (κ1) is 16.5. The van der Waals surface area contributed by atoms with Gasteiger partial charge in [0.15, 0.2) is 5.16 Å². The number of rotatable bonds is 3. The van der Waals surface area contributed by atoms with E-state index in [2.05, 4.69) is 30.7 Å². The highest BCUT2D eigenvalue weighted by Gasteiger charge is 2.31. The summed E-state index contributed by atoms with van der Waals surface area (Å²) in [5.41, 5.74) is 7.75. The van der Waals surface area contributed by atoms with Crippen LogP contribution >= 0.6 is 23.1 Å². The molecule has 124 valence electrons. The van der Waals surface area contributed by atoms with E-state index in [9.17, 15) is 4.79 Å². The zero-order chi connectivity index (χ0) is 16.8. The minimum atomic E-state index is -0.879. The van der Waals surface area contributed by atoms with Gasteiger partial charge in [0, 0.05) is 4.88 Å². The van der Waals surface area contributed by atoms with Crippen molar-refractivity contribution in [3.8, 4) is 0 Å². The quantitative estimate of drug-likeness (QED) is 0.649. The SMILES string of the molecule is CC(C)(C)[C@H]1CCc2c(sc3nc(SCC(=O)O)nc(N)c23)C1. The van der Waals surface area contributed by atoms with Crippen LogP contribution in [0.4, 0.5) is 5.82 Å². The maximum absolute atomic E-state index is 10.7. The van der Waals surface area contributed by atoms with Crippen LogP contribution in [-0.2, 0) is 17.6 Å². The Bertz CT molecular complexity index is 765. The normalized spacial score (nSPS) is 18.1. The van der Waals surface area contributed by atoms with E-state index in [0.29, 0.717) is 22.3 Å². The number of anilines is 1. The maximum atomic E-state index is 10.7. The molecule has 0 unspecified atom stereocenters. The summed E-state index contributed by atoms with van der Waals surface area (Å²) in [6, 6.07) is 0. The van der Waals surface area contributed by atoms with Crippen molar-refractivity contribution in [1.82, 2.24) is 9.97 Å². The zero-order valence-electron chi connectivity index (χ0n) is 13.5. The summed E-state index contributed by atoms with van der Waals surface area (Å²) < 4.78 is 0. The molecular weight excluding hydrogens is 330 g/mol. The average molecular weight is 351 g/mol. The molecule has 23 heavy (non-hydrogen) atoms. The minimum Gasteiger partial charge on any atom is -0.481 e. The Labute approximate surface area is 143 Å². The van der Waals surface area contributed by atoms with Gasteiger partial charge >= 0.3 is 5.97 Å². The van der Waals surface area contributed by atoms with Gasteiger partial charge in [-0.25, -0.2) is 9.97 Å². The van der Waals surface area contributed by atoms with Crippen LogP contribution in [0.5, 0.6) is 0 Å². The summed E-state index contributed by atoms with van der Waals surface area (Å²) in [5, 5.41) is 10.2. The van der Waals surface area contributed by atoms with Gasteiger partial charge in [-0.15, -0.1) is 11.3 Å². The highest BCUT2D eigenvalue weighted by Crippen LogP contribution is 2.44. The molecule has 0 aromatic carbocycles. The van der Waals surface area contributed by atoms with Crippen LogP contribution < -0.4 is 5.73 Å². The molecular formula is C16H21N3O2S2. The van der Waals surface area contributed by atoms with Gasteiger partial charge < -0.3 is 10.8 Å². The molecule has 1 atom stereocenters. The van der Waals surface area contributed by atoms with E-state index in [-0.39, 0.29) is 5.75 Å². The Morgan fingerprint density at radius 2 is 2.17 bits per heavy atom. The molecule has 2 aromatic rings. The first-order valence-corrected chi connectivity index (χ1v) is 9.48. The van der Waals surface area contributed by atoms with E-state index in [1.807, 2.05) is 0 Å². The number of aryl methyl sites for hydroxylation is 1. The van der Waals surface area contributed by atoms with Crippen molar-refractivity contribution in [3.63, 3.8) is 0 Å². The van der Waals surface area contributed by atoms with Gasteiger partial charge in [-0.1, -0.05) is 32.5 Å². The Kier molecular flexibility index (Phi) is 4.27. The summed E-state index contributed by atoms with van der Waals surface area (Å²) in [6.07, 6.45) is 3.25. The fraction of sp³-hybridized carbons (Fsp3) is 0.562. The third kappa shape index (κ3) is 3.30. The van der Waals surface area contributed by atoms with Gasteiger partial charge in [-0.05, 0) is 36.2 Å². The second-order valence-electron chi connectivity index (χ2n) is 7.06. The van der Waals surface area contributed by atoms with Crippen LogP contribution in [0.25, 0.3) is 10.2 Å². The molecule has 0 bridgehead atoms. The third-order valence-electron chi connectivity index (χ3n) is 4.47. The molecule has 0 fully saturated rings. The molecule has 0 spiro atoms. The second-order valence-corrected chi connectivity index (χ2v) is 9.09. The number of thioether (sulfide) groups is 1. The van der Waals surface area contributed by atoms with Gasteiger partial charge in [-0.3, -0.25) is 4.79 Å². The summed E-state index contributed by atoms with van der Waals surface area (Å²) in [6.45, 7) is 6.89. The number of nitrogens with zero attached hydrogens (tertiary/aromatic N) is 2. The number of nitrogens with two attached hydrogens (primary N) is 1. The van der Waals surface area contributed by atoms with E-state index >= 15 is 0 Å². The van der Waals surface area contributed by atoms with Gasteiger partial charge in [-0.2, -0.15) is 0 Å². The van der Waals surface area contributed by atoms with Crippen molar-refractivity contribution in [2.75, 3.05) is 11.5 Å². The number of aromatic nitrogens is 2. The molecule has 5 nitrogen and oxygen atoms in total. The molecule has 2 heterocycles. The summed E-state index contributed by atoms with van der Waals surface area (Å²) in [5.74, 6) is 0.214. The molecule has 3 rings (SSSR count). The van der Waals surface area contributed by atoms with Gasteiger partial charge in [0.1, 0.15) is 10.6 Å². The molecule has 1 aliphatic carbocycles. The number of nitrogen functional groups attached to an aromatic ring is 1. The summed E-state index contributed by atoms with van der Waals surface area (Å²) in [7, 11) is 0. The van der Waals surface area contributed by atoms with Crippen molar-refractivity contribution in [2.24, 2.45) is 11.3 Å². The van der Waals surface area contributed by atoms with E-state index < -0.39 is 5.97 Å². The number of fused-ring (bicyclic) bond motifs is 3. The number of aliphatic carboxylic acids is 1. The third-order valence-corrected chi connectivity index (χ3v) is 6.45. The van der Waals surface area contributed by atoms with Crippen LogP contribution in [0.3, 0.4) is 0 Å². The average Bonchev–Trinajstić information content (AvgIpc) is 2.81. The van der Waals surface area contributed by atoms with E-state index in [1.54, 1.807) is 11.3 Å². The van der Waals surface area contributed by atoms with Gasteiger partial charge in [0.25, 0.3) is 0 Å². The fourth-order valence-electron chi connectivity index (χ4n) is 3.12. The lowest BCUT2D eigenvalue weighted by molar-refractivity contribution is -0.133. The van der Waals surface area contributed by atoms with E-state index in [4.69, 9.17) is 10.8 Å². The minimum absolute atomic E-state index is 0.0534. The molecule has 0 saturated carbocycles. The van der Waals surface area contributed by atoms with Crippen molar-refractivity contribution >= 4 is 45.1 Å². The van der Waals surface area contributed by atoms with Crippen molar-refractivity contribution in [3.05, 3.63) is 10.4 Å². The standard InChI is InChI=1S/C16H21N3O2S2/c1-16(2,3)8-4-5-9-10(6-8)23-14-12(9)13(17)18-15(19-14)22-7-11(20)21/h8H,4-7H2,1-3H3,(H,20,21)(H2,17,18,19)/t8-/m0/s1. The van der Waals surface area contributed by atoms with Crippen LogP contribution in [0.1, 0.15) is 37.6 Å². The largest absolute Gasteiger partial charge is 0.481 e. The predicted molar refractivity (Wildman–Crippen MR) is 95.2 cm³/mol. The first-order valence-electron chi connectivity index (χ1n) is 7.68. The van der Waals surface area contributed by atoms with Crippen LogP contribution in [0.2, 0.25) is 0 Å². The monoisotopic (exact) mass is 351 g/mol. The lowest BCUT2D eigenvalue weighted by Gasteiger charge is -2.33. The van der Waals surface area contributed by atoms with Crippen molar-refractivity contribution in [1.29, 1.82) is 0 Å². The molecule has 2 aromatic heterocycles. The van der Waals surface area contributed by atoms with Crippen molar-refractivity contribution in [2.45, 2.75) is 45.2 Å². The lowest BCUT2D eigenvalue weighted by atomic mass is 9.72. The van der Waals surface area contributed by atoms with E-state index in [0.717, 1.165) is 41.2 Å². The van der Waals surface area contributed by atoms with Gasteiger partial charge in [0.05, 0.1) is 11.1 Å². The highest BCUT2D eigenvalue weighted by molar-refractivity contribution is 7.99. The number of carboxylic acid groups (broad SMARTS) is 1. The smallest absolute Gasteiger partial charge is 0.313 e. The fourth-order valence-corrected chi connectivity index (χ4v) is 5.05. The Morgan fingerprint density at radius 3 is 2.83 bits per heavy atom. The Hall–Kier alpha value is -1.34. The number of hydrogen-bond acceptors (Lipinski definition) is 6. The topological polar surface area (TPSA) is 89.1 Å². The molecule has 0 aliphatic heterocycles. The molecule has 1 aliphatic rings. The number of hydrogen-bond donors (Lipinski definition) is 2. The lowest BCUT2D eigenvalue weighted by Crippen LogP contribution is -2.26. The second kappa shape index (κ2) is 5.94. The summed E-state index contributed by atoms with van der Waals surface area (Å²) >= 11 is 2.80. The first-order chi connectivity index (χ1) is 10.8. The van der Waals surface area contributed by atoms with Crippen molar-refractivity contribution < 1.29 is 9.90 Å². The Morgan fingerprint density at radius 1 is 1.43 bits per heavy atom. The van der Waals surface area contributed by atoms with E-state index in [1.165, 1.54) is 10.4 Å². The van der Waals surface area contributed by atoms with Crippen LogP contribution in [-0.4, -0.2) is 26.8 Å².